The third-order valence-electron chi connectivity index (χ3n) is 0. The zero-order valence-corrected chi connectivity index (χ0v) is 9.24. The van der Waals surface area contributed by atoms with Crippen molar-refractivity contribution in [2.75, 3.05) is 0 Å². The van der Waals surface area contributed by atoms with Crippen LogP contribution in [0.15, 0.2) is 0 Å². The normalized spacial score (nSPS) is 0.857. The molecule has 0 fully saturated rings. The molecule has 0 N–H and O–H groups in total. The summed E-state index contributed by atoms with van der Waals surface area (Å²) in [7, 11) is 0. The van der Waals surface area contributed by atoms with Crippen LogP contribution in [0.25, 0.3) is 0 Å². The zero-order valence-electron chi connectivity index (χ0n) is 5.05. The SMILES string of the molecule is [CH2-]C.[CH3-].[CH3-].[V].[V].[V]. The van der Waals surface area contributed by atoms with Gasteiger partial charge in [0.1, 0.15) is 0 Å². The van der Waals surface area contributed by atoms with Crippen LogP contribution in [-0.4, -0.2) is 0 Å². The fourth-order valence-corrected chi connectivity index (χ4v) is 0. The van der Waals surface area contributed by atoms with Crippen LogP contribution in [0.1, 0.15) is 6.92 Å². The van der Waals surface area contributed by atoms with Gasteiger partial charge in [-0.2, -0.15) is 6.92 Å². The summed E-state index contributed by atoms with van der Waals surface area (Å²) in [6.07, 6.45) is 0. The van der Waals surface area contributed by atoms with Crippen LogP contribution in [0.5, 0.6) is 0 Å². The molecule has 0 heterocycles. The zero-order chi connectivity index (χ0) is 2.00. The summed E-state index contributed by atoms with van der Waals surface area (Å²) in [5.74, 6) is 0. The molecular formula is C4H11V3-3. The first-order valence-corrected chi connectivity index (χ1v) is 0.707. The Morgan fingerprint density at radius 2 is 0.714 bits per heavy atom. The van der Waals surface area contributed by atoms with Crippen molar-refractivity contribution in [3.8, 4) is 0 Å². The Labute approximate surface area is 83.9 Å². The van der Waals surface area contributed by atoms with Gasteiger partial charge < -0.3 is 21.8 Å². The monoisotopic (exact) mass is 212 g/mol. The molecule has 0 atom stereocenters. The quantitative estimate of drug-likeness (QED) is 0.536. The predicted molar refractivity (Wildman–Crippen MR) is 23.9 cm³/mol. The van der Waals surface area contributed by atoms with E-state index in [-0.39, 0.29) is 70.5 Å². The molecule has 0 nitrogen and oxygen atoms in total. The number of hydrogen-bond acceptors (Lipinski definition) is 0. The maximum atomic E-state index is 3.25. The Hall–Kier alpha value is 1.75. The minimum Gasteiger partial charge on any atom is -0.358 e. The van der Waals surface area contributed by atoms with E-state index in [1.165, 1.54) is 0 Å². The second kappa shape index (κ2) is 115. The molecule has 3 radical (unpaired) electrons. The van der Waals surface area contributed by atoms with E-state index in [9.17, 15) is 0 Å². The van der Waals surface area contributed by atoms with E-state index in [2.05, 4.69) is 6.92 Å². The van der Waals surface area contributed by atoms with Crippen LogP contribution in [0.3, 0.4) is 0 Å². The van der Waals surface area contributed by atoms with Crippen LogP contribution in [0.2, 0.25) is 0 Å². The van der Waals surface area contributed by atoms with Gasteiger partial charge in [-0.05, 0) is 0 Å². The Morgan fingerprint density at radius 3 is 0.714 bits per heavy atom. The molecule has 3 heteroatoms. The van der Waals surface area contributed by atoms with Gasteiger partial charge in [0.15, 0.2) is 0 Å². The first kappa shape index (κ1) is 69.4. The van der Waals surface area contributed by atoms with Crippen molar-refractivity contribution < 1.29 is 55.7 Å². The summed E-state index contributed by atoms with van der Waals surface area (Å²) >= 11 is 0. The average molecular weight is 212 g/mol. The smallest absolute Gasteiger partial charge is 0 e. The Bertz CT molecular complexity index is 6.90. The van der Waals surface area contributed by atoms with Gasteiger partial charge in [-0.3, -0.25) is 0 Å². The van der Waals surface area contributed by atoms with Crippen LogP contribution in [0.4, 0.5) is 0 Å². The fraction of sp³-hybridized carbons (Fsp3) is 0.250. The van der Waals surface area contributed by atoms with Crippen LogP contribution < -0.4 is 0 Å². The van der Waals surface area contributed by atoms with Crippen molar-refractivity contribution in [3.05, 3.63) is 21.8 Å². The van der Waals surface area contributed by atoms with Crippen molar-refractivity contribution in [1.82, 2.24) is 0 Å². The third kappa shape index (κ3) is 83.5. The molecule has 45 valence electrons. The Balaban J connectivity index is -0.000000000500. The van der Waals surface area contributed by atoms with Crippen molar-refractivity contribution in [2.45, 2.75) is 6.92 Å². The molecule has 0 amide bonds. The molecule has 0 rings (SSSR count). The number of hydrogen-bond donors (Lipinski definition) is 0. The maximum absolute atomic E-state index is 3.25. The molecule has 0 aliphatic heterocycles. The summed E-state index contributed by atoms with van der Waals surface area (Å²) in [5, 5.41) is 0. The summed E-state index contributed by atoms with van der Waals surface area (Å²) in [6, 6.07) is 0. The van der Waals surface area contributed by atoms with Gasteiger partial charge >= 0.3 is 0 Å². The van der Waals surface area contributed by atoms with E-state index in [1.54, 1.807) is 6.92 Å². The maximum Gasteiger partial charge on any atom is 0 e. The minimum absolute atomic E-state index is 0. The second-order valence-electron chi connectivity index (χ2n) is 0. The van der Waals surface area contributed by atoms with Gasteiger partial charge in [-0.15, -0.1) is 0 Å². The molecule has 0 unspecified atom stereocenters. The molecule has 7 heavy (non-hydrogen) atoms. The number of rotatable bonds is 0. The van der Waals surface area contributed by atoms with Gasteiger partial charge in [0.2, 0.25) is 0 Å². The molecule has 0 aliphatic rings. The fourth-order valence-electron chi connectivity index (χ4n) is 0. The first-order chi connectivity index (χ1) is 1.00. The van der Waals surface area contributed by atoms with Gasteiger partial charge in [0, 0.05) is 55.7 Å². The van der Waals surface area contributed by atoms with Crippen LogP contribution in [0, 0.1) is 21.8 Å². The topological polar surface area (TPSA) is 0 Å². The van der Waals surface area contributed by atoms with Crippen molar-refractivity contribution in [3.63, 3.8) is 0 Å². The second-order valence-corrected chi connectivity index (χ2v) is 0. The standard InChI is InChI=1S/C2H5.2CH3.3V/c1-2;;;;;/h1H2,2H3;2*1H3;;;/q3*-1;;;. The van der Waals surface area contributed by atoms with Crippen LogP contribution >= 0.6 is 0 Å². The molecular weight excluding hydrogens is 201 g/mol. The average Bonchev–Trinajstić information content (AvgIpc) is 1.00. The van der Waals surface area contributed by atoms with Crippen molar-refractivity contribution >= 4 is 0 Å². The van der Waals surface area contributed by atoms with E-state index in [1.807, 2.05) is 0 Å². The molecule has 0 aromatic rings. The van der Waals surface area contributed by atoms with Gasteiger partial charge in [-0.25, -0.2) is 0 Å². The van der Waals surface area contributed by atoms with E-state index in [0.717, 1.165) is 0 Å². The summed E-state index contributed by atoms with van der Waals surface area (Å²) in [6.45, 7) is 5.00. The van der Waals surface area contributed by atoms with Crippen LogP contribution in [-0.2, 0) is 55.7 Å². The minimum atomic E-state index is 0. The third-order valence-corrected chi connectivity index (χ3v) is 0. The molecule has 0 aliphatic carbocycles. The Kier molecular flexibility index (Phi) is 1140. The molecule has 0 aromatic carbocycles. The molecule has 0 spiro atoms. The van der Waals surface area contributed by atoms with Crippen molar-refractivity contribution in [2.24, 2.45) is 0 Å². The van der Waals surface area contributed by atoms with E-state index in [4.69, 9.17) is 0 Å². The van der Waals surface area contributed by atoms with E-state index in [0.29, 0.717) is 0 Å². The first-order valence-electron chi connectivity index (χ1n) is 0.707. The summed E-state index contributed by atoms with van der Waals surface area (Å²) in [4.78, 5) is 0. The molecule has 0 bridgehead atoms. The van der Waals surface area contributed by atoms with Gasteiger partial charge in [-0.1, -0.05) is 0 Å². The molecule has 0 saturated heterocycles. The van der Waals surface area contributed by atoms with Gasteiger partial charge in [0.05, 0.1) is 0 Å². The predicted octanol–water partition coefficient (Wildman–Crippen LogP) is 1.73. The Morgan fingerprint density at radius 1 is 0.714 bits per heavy atom. The van der Waals surface area contributed by atoms with Crippen molar-refractivity contribution in [1.29, 1.82) is 0 Å². The summed E-state index contributed by atoms with van der Waals surface area (Å²) in [5.41, 5.74) is 0. The molecule has 0 aromatic heterocycles. The van der Waals surface area contributed by atoms with Gasteiger partial charge in [0.25, 0.3) is 0 Å². The summed E-state index contributed by atoms with van der Waals surface area (Å²) < 4.78 is 0. The largest absolute Gasteiger partial charge is 0.358 e. The molecule has 0 saturated carbocycles. The van der Waals surface area contributed by atoms with E-state index >= 15 is 0 Å². The van der Waals surface area contributed by atoms with E-state index < -0.39 is 0 Å².